The first-order valence-electron chi connectivity index (χ1n) is 6.83. The number of hydrogen-bond donors (Lipinski definition) is 2. The number of carboxylic acid groups (broad SMARTS) is 2. The van der Waals surface area contributed by atoms with Crippen LogP contribution in [0.1, 0.15) is 24.8 Å². The molecule has 0 fully saturated rings. The summed E-state index contributed by atoms with van der Waals surface area (Å²) in [6.45, 7) is 0.290. The van der Waals surface area contributed by atoms with Gasteiger partial charge in [-0.1, -0.05) is 41.9 Å². The van der Waals surface area contributed by atoms with Gasteiger partial charge in [0.1, 0.15) is 6.04 Å². The maximum atomic E-state index is 11.4. The highest BCUT2D eigenvalue weighted by molar-refractivity contribution is 5.79. The van der Waals surface area contributed by atoms with E-state index < -0.39 is 18.1 Å². The van der Waals surface area contributed by atoms with E-state index in [9.17, 15) is 19.8 Å². The van der Waals surface area contributed by atoms with Crippen molar-refractivity contribution < 1.29 is 19.8 Å². The summed E-state index contributed by atoms with van der Waals surface area (Å²) in [5.41, 5.74) is 8.89. The highest BCUT2D eigenvalue weighted by atomic mass is 16.4. The van der Waals surface area contributed by atoms with Gasteiger partial charge in [-0.15, -0.1) is 0 Å². The van der Waals surface area contributed by atoms with Crippen LogP contribution < -0.4 is 0 Å². The summed E-state index contributed by atoms with van der Waals surface area (Å²) in [4.78, 5) is 26.3. The number of aliphatic carboxylic acids is 1. The van der Waals surface area contributed by atoms with Gasteiger partial charge in [0.15, 0.2) is 0 Å². The first-order valence-corrected chi connectivity index (χ1v) is 6.83. The van der Waals surface area contributed by atoms with Crippen LogP contribution in [0.25, 0.3) is 10.4 Å². The Labute approximate surface area is 127 Å². The summed E-state index contributed by atoms with van der Waals surface area (Å²) in [5, 5.41) is 21.9. The minimum atomic E-state index is -1.27. The Morgan fingerprint density at radius 2 is 1.91 bits per heavy atom. The molecule has 0 saturated heterocycles. The van der Waals surface area contributed by atoms with Gasteiger partial charge < -0.3 is 10.2 Å². The molecule has 0 heterocycles. The lowest BCUT2D eigenvalue weighted by atomic mass is 10.1. The third-order valence-electron chi connectivity index (χ3n) is 3.15. The second-order valence-corrected chi connectivity index (χ2v) is 4.70. The first-order chi connectivity index (χ1) is 10.6. The Morgan fingerprint density at radius 1 is 1.23 bits per heavy atom. The molecular formula is C14H18N4O4. The molecule has 22 heavy (non-hydrogen) atoms. The topological polar surface area (TPSA) is 127 Å². The molecule has 8 heteroatoms. The van der Waals surface area contributed by atoms with E-state index in [-0.39, 0.29) is 19.5 Å². The van der Waals surface area contributed by atoms with Crippen LogP contribution in [0, 0.1) is 0 Å². The first kappa shape index (κ1) is 17.3. The summed E-state index contributed by atoms with van der Waals surface area (Å²) in [6, 6.07) is 7.71. The minimum Gasteiger partial charge on any atom is -0.480 e. The molecule has 118 valence electrons. The van der Waals surface area contributed by atoms with Crippen LogP contribution in [-0.4, -0.2) is 39.8 Å². The van der Waals surface area contributed by atoms with E-state index in [1.165, 1.54) is 0 Å². The van der Waals surface area contributed by atoms with Crippen LogP contribution in [0.2, 0.25) is 0 Å². The number of amides is 1. The molecule has 0 aliphatic rings. The minimum absolute atomic E-state index is 0.0173. The lowest BCUT2D eigenvalue weighted by Crippen LogP contribution is -2.44. The average molecular weight is 306 g/mol. The Bertz CT molecular complexity index is 543. The molecule has 1 aromatic rings. The van der Waals surface area contributed by atoms with Gasteiger partial charge in [0.05, 0.1) is 0 Å². The monoisotopic (exact) mass is 306 g/mol. The van der Waals surface area contributed by atoms with Gasteiger partial charge in [-0.2, -0.15) is 0 Å². The molecule has 0 spiro atoms. The van der Waals surface area contributed by atoms with Crippen molar-refractivity contribution in [3.63, 3.8) is 0 Å². The number of carboxylic acids is 1. The molecule has 0 unspecified atom stereocenters. The van der Waals surface area contributed by atoms with E-state index >= 15 is 0 Å². The van der Waals surface area contributed by atoms with E-state index in [1.54, 1.807) is 30.3 Å². The molecular weight excluding hydrogens is 288 g/mol. The molecule has 0 aliphatic heterocycles. The summed E-state index contributed by atoms with van der Waals surface area (Å²) < 4.78 is 0. The third-order valence-corrected chi connectivity index (χ3v) is 3.15. The number of carbonyl (C=O) groups is 2. The highest BCUT2D eigenvalue weighted by Gasteiger charge is 2.29. The number of rotatable bonds is 9. The number of benzene rings is 1. The normalized spacial score (nSPS) is 11.3. The van der Waals surface area contributed by atoms with Gasteiger partial charge in [0, 0.05) is 18.0 Å². The van der Waals surface area contributed by atoms with Crippen LogP contribution in [0.4, 0.5) is 4.79 Å². The van der Waals surface area contributed by atoms with Crippen molar-refractivity contribution in [1.29, 1.82) is 0 Å². The lowest BCUT2D eigenvalue weighted by Gasteiger charge is -2.26. The maximum Gasteiger partial charge on any atom is 0.408 e. The molecule has 8 nitrogen and oxygen atoms in total. The van der Waals surface area contributed by atoms with Crippen molar-refractivity contribution in [3.05, 3.63) is 46.3 Å². The zero-order chi connectivity index (χ0) is 16.4. The van der Waals surface area contributed by atoms with Crippen LogP contribution in [0.15, 0.2) is 35.4 Å². The van der Waals surface area contributed by atoms with Crippen molar-refractivity contribution in [2.45, 2.75) is 31.8 Å². The van der Waals surface area contributed by atoms with E-state index in [1.807, 2.05) is 0 Å². The van der Waals surface area contributed by atoms with Crippen molar-refractivity contribution in [2.24, 2.45) is 5.11 Å². The predicted octanol–water partition coefficient (Wildman–Crippen LogP) is 3.10. The zero-order valence-electron chi connectivity index (χ0n) is 12.0. The van der Waals surface area contributed by atoms with Crippen LogP contribution in [0.5, 0.6) is 0 Å². The molecule has 0 saturated carbocycles. The SMILES string of the molecule is [N-]=[N+]=NCCCC[C@@H](C(=O)O)N(Cc1ccccc1)C(=O)O. The van der Waals surface area contributed by atoms with Gasteiger partial charge >= 0.3 is 12.1 Å². The standard InChI is InChI=1S/C14H18N4O4/c15-17-16-9-5-4-8-12(13(19)20)18(14(21)22)10-11-6-2-1-3-7-11/h1-3,6-7,12H,4-5,8-10H2,(H,19,20)(H,21,22)/t12-/m0/s1. The highest BCUT2D eigenvalue weighted by Crippen LogP contribution is 2.14. The van der Waals surface area contributed by atoms with Crippen molar-refractivity contribution in [2.75, 3.05) is 6.54 Å². The number of unbranched alkanes of at least 4 members (excludes halogenated alkanes) is 1. The van der Waals surface area contributed by atoms with Gasteiger partial charge in [-0.25, -0.2) is 9.59 Å². The van der Waals surface area contributed by atoms with E-state index in [0.717, 1.165) is 10.5 Å². The fraction of sp³-hybridized carbons (Fsp3) is 0.429. The number of azide groups is 1. The largest absolute Gasteiger partial charge is 0.480 e. The molecule has 1 atom stereocenters. The molecule has 0 bridgehead atoms. The number of nitrogens with zero attached hydrogens (tertiary/aromatic N) is 4. The molecule has 2 N–H and O–H groups in total. The Kier molecular flexibility index (Phi) is 7.28. The number of hydrogen-bond acceptors (Lipinski definition) is 3. The smallest absolute Gasteiger partial charge is 0.408 e. The zero-order valence-corrected chi connectivity index (χ0v) is 12.0. The molecule has 0 radical (unpaired) electrons. The van der Waals surface area contributed by atoms with Gasteiger partial charge in [0.25, 0.3) is 0 Å². The molecule has 1 amide bonds. The Balaban J connectivity index is 2.72. The van der Waals surface area contributed by atoms with Crippen LogP contribution >= 0.6 is 0 Å². The van der Waals surface area contributed by atoms with Crippen LogP contribution in [-0.2, 0) is 11.3 Å². The third kappa shape index (κ3) is 5.72. The molecule has 0 aromatic heterocycles. The Morgan fingerprint density at radius 3 is 2.45 bits per heavy atom. The van der Waals surface area contributed by atoms with Crippen LogP contribution in [0.3, 0.4) is 0 Å². The average Bonchev–Trinajstić information content (AvgIpc) is 2.49. The second kappa shape index (κ2) is 9.25. The maximum absolute atomic E-state index is 11.4. The van der Waals surface area contributed by atoms with Gasteiger partial charge in [0.2, 0.25) is 0 Å². The summed E-state index contributed by atoms with van der Waals surface area (Å²) >= 11 is 0. The quantitative estimate of drug-likeness (QED) is 0.314. The lowest BCUT2D eigenvalue weighted by molar-refractivity contribution is -0.143. The predicted molar refractivity (Wildman–Crippen MR) is 79.3 cm³/mol. The fourth-order valence-corrected chi connectivity index (χ4v) is 2.07. The molecule has 1 aromatic carbocycles. The summed E-state index contributed by atoms with van der Waals surface area (Å²) in [7, 11) is 0. The van der Waals surface area contributed by atoms with Crippen molar-refractivity contribution in [3.8, 4) is 0 Å². The van der Waals surface area contributed by atoms with Gasteiger partial charge in [-0.3, -0.25) is 4.90 Å². The van der Waals surface area contributed by atoms with Gasteiger partial charge in [-0.05, 0) is 23.9 Å². The van der Waals surface area contributed by atoms with E-state index in [4.69, 9.17) is 5.53 Å². The summed E-state index contributed by atoms with van der Waals surface area (Å²) in [5.74, 6) is -1.18. The summed E-state index contributed by atoms with van der Waals surface area (Å²) in [6.07, 6.45) is -0.109. The fourth-order valence-electron chi connectivity index (χ4n) is 2.07. The van der Waals surface area contributed by atoms with E-state index in [0.29, 0.717) is 12.8 Å². The molecule has 1 rings (SSSR count). The molecule has 0 aliphatic carbocycles. The Hall–Kier alpha value is -2.73. The second-order valence-electron chi connectivity index (χ2n) is 4.70. The van der Waals surface area contributed by atoms with E-state index in [2.05, 4.69) is 10.0 Å². The van der Waals surface area contributed by atoms with Crippen molar-refractivity contribution in [1.82, 2.24) is 4.90 Å². The van der Waals surface area contributed by atoms with Crippen molar-refractivity contribution >= 4 is 12.1 Å².